The number of hydrogen-bond acceptors (Lipinski definition) is 6. The molecule has 0 saturated carbocycles. The predicted octanol–water partition coefficient (Wildman–Crippen LogP) is 3.47. The highest BCUT2D eigenvalue weighted by Gasteiger charge is 2.31. The minimum atomic E-state index is -4.51. The lowest BCUT2D eigenvalue weighted by atomic mass is 10.2. The van der Waals surface area contributed by atoms with Crippen molar-refractivity contribution >= 4 is 11.8 Å². The van der Waals surface area contributed by atoms with Crippen LogP contribution < -0.4 is 20.3 Å². The normalized spacial score (nSPS) is 11.1. The lowest BCUT2D eigenvalue weighted by Crippen LogP contribution is -2.41. The summed E-state index contributed by atoms with van der Waals surface area (Å²) in [5, 5.41) is 4.01. The predicted molar refractivity (Wildman–Crippen MR) is 115 cm³/mol. The molecule has 1 aromatic carbocycles. The van der Waals surface area contributed by atoms with Gasteiger partial charge >= 0.3 is 6.18 Å². The minimum absolute atomic E-state index is 0.0999. The van der Waals surface area contributed by atoms with E-state index in [0.29, 0.717) is 30.0 Å². The number of alkyl halides is 3. The molecule has 9 nitrogen and oxygen atoms in total. The first-order valence-electron chi connectivity index (χ1n) is 10.2. The van der Waals surface area contributed by atoms with E-state index in [2.05, 4.69) is 20.9 Å². The maximum absolute atomic E-state index is 12.7. The maximum Gasteiger partial charge on any atom is 0.417 e. The molecule has 3 aromatic rings. The molecular weight excluding hydrogens is 455 g/mol. The summed E-state index contributed by atoms with van der Waals surface area (Å²) < 4.78 is 50.2. The zero-order chi connectivity index (χ0) is 24.9. The monoisotopic (exact) mass is 477 g/mol. The van der Waals surface area contributed by atoms with Crippen LogP contribution in [0.2, 0.25) is 0 Å². The summed E-state index contributed by atoms with van der Waals surface area (Å²) in [6, 6.07) is 6.61. The summed E-state index contributed by atoms with van der Waals surface area (Å²) >= 11 is 0. The fraction of sp³-hybridized carbons (Fsp3) is 0.273. The van der Waals surface area contributed by atoms with Crippen LogP contribution in [-0.4, -0.2) is 40.3 Å². The molecular formula is C22H22F3N5O4. The molecule has 0 spiro atoms. The van der Waals surface area contributed by atoms with E-state index >= 15 is 0 Å². The fourth-order valence-corrected chi connectivity index (χ4v) is 2.94. The zero-order valence-electron chi connectivity index (χ0n) is 18.6. The number of methoxy groups -OCH3 is 1. The molecule has 0 aliphatic heterocycles. The van der Waals surface area contributed by atoms with E-state index in [9.17, 15) is 22.8 Å². The molecule has 0 aliphatic carbocycles. The van der Waals surface area contributed by atoms with Gasteiger partial charge < -0.3 is 9.47 Å². The number of halogens is 3. The summed E-state index contributed by atoms with van der Waals surface area (Å²) in [7, 11) is 1.45. The van der Waals surface area contributed by atoms with Crippen molar-refractivity contribution in [3.8, 4) is 17.3 Å². The van der Waals surface area contributed by atoms with Gasteiger partial charge in [0.05, 0.1) is 36.7 Å². The number of hydrogen-bond donors (Lipinski definition) is 2. The van der Waals surface area contributed by atoms with Crippen molar-refractivity contribution in [2.75, 3.05) is 13.7 Å². The lowest BCUT2D eigenvalue weighted by molar-refractivity contribution is -0.137. The van der Waals surface area contributed by atoms with Gasteiger partial charge in [-0.25, -0.2) is 9.67 Å². The third-order valence-electron chi connectivity index (χ3n) is 4.72. The average Bonchev–Trinajstić information content (AvgIpc) is 3.21. The highest BCUT2D eigenvalue weighted by atomic mass is 19.4. The van der Waals surface area contributed by atoms with Crippen LogP contribution in [0.5, 0.6) is 11.5 Å². The molecule has 0 saturated heterocycles. The van der Waals surface area contributed by atoms with Crippen LogP contribution in [0.4, 0.5) is 13.2 Å². The molecule has 2 N–H and O–H groups in total. The second-order valence-electron chi connectivity index (χ2n) is 7.08. The van der Waals surface area contributed by atoms with Crippen molar-refractivity contribution < 1.29 is 32.2 Å². The van der Waals surface area contributed by atoms with Crippen LogP contribution in [0.15, 0.2) is 42.7 Å². The molecule has 12 heteroatoms. The third-order valence-corrected chi connectivity index (χ3v) is 4.72. The van der Waals surface area contributed by atoms with Crippen molar-refractivity contribution in [2.24, 2.45) is 0 Å². The Balaban J connectivity index is 1.68. The van der Waals surface area contributed by atoms with Crippen LogP contribution >= 0.6 is 0 Å². The third kappa shape index (κ3) is 5.45. The summed E-state index contributed by atoms with van der Waals surface area (Å²) in [5.74, 6) is -0.300. The smallest absolute Gasteiger partial charge is 0.417 e. The first kappa shape index (κ1) is 24.6. The van der Waals surface area contributed by atoms with Crippen LogP contribution in [0.1, 0.15) is 45.3 Å². The first-order valence-corrected chi connectivity index (χ1v) is 10.2. The number of rotatable bonds is 7. The van der Waals surface area contributed by atoms with Gasteiger partial charge in [0.2, 0.25) is 0 Å². The quantitative estimate of drug-likeness (QED) is 0.505. The number of nitrogens with one attached hydrogen (secondary N) is 2. The molecule has 0 atom stereocenters. The Morgan fingerprint density at radius 3 is 2.41 bits per heavy atom. The molecule has 0 bridgehead atoms. The van der Waals surface area contributed by atoms with E-state index in [1.807, 2.05) is 6.92 Å². The van der Waals surface area contributed by atoms with E-state index in [1.165, 1.54) is 30.1 Å². The van der Waals surface area contributed by atoms with E-state index in [0.717, 1.165) is 18.6 Å². The molecule has 2 amide bonds. The van der Waals surface area contributed by atoms with Crippen LogP contribution in [0, 0.1) is 6.92 Å². The molecule has 0 fully saturated rings. The Hall–Kier alpha value is -4.09. The van der Waals surface area contributed by atoms with E-state index in [-0.39, 0.29) is 16.9 Å². The molecule has 0 unspecified atom stereocenters. The summed E-state index contributed by atoms with van der Waals surface area (Å²) in [6.45, 7) is 4.00. The van der Waals surface area contributed by atoms with Crippen molar-refractivity contribution in [1.82, 2.24) is 25.6 Å². The Labute approximate surface area is 192 Å². The van der Waals surface area contributed by atoms with Crippen LogP contribution in [-0.2, 0) is 6.18 Å². The summed E-state index contributed by atoms with van der Waals surface area (Å²) in [5.41, 5.74) is 4.33. The molecule has 0 radical (unpaired) electrons. The van der Waals surface area contributed by atoms with E-state index in [1.54, 1.807) is 13.0 Å². The number of amides is 2. The van der Waals surface area contributed by atoms with Gasteiger partial charge in [0.1, 0.15) is 0 Å². The zero-order valence-corrected chi connectivity index (χ0v) is 18.6. The molecule has 34 heavy (non-hydrogen) atoms. The van der Waals surface area contributed by atoms with Crippen LogP contribution in [0.25, 0.3) is 5.82 Å². The molecule has 180 valence electrons. The van der Waals surface area contributed by atoms with Gasteiger partial charge in [-0.05, 0) is 43.7 Å². The Morgan fingerprint density at radius 2 is 1.79 bits per heavy atom. The highest BCUT2D eigenvalue weighted by molar-refractivity contribution is 5.99. The van der Waals surface area contributed by atoms with Gasteiger partial charge in [-0.1, -0.05) is 6.92 Å². The second kappa shape index (κ2) is 10.2. The fourth-order valence-electron chi connectivity index (χ4n) is 2.94. The maximum atomic E-state index is 12.7. The standard InChI is InChI=1S/C22H22F3N5O4/c1-4-9-34-17-7-5-14(10-18(17)33-3)20(31)28-29-21(32)16-12-27-30(13(16)2)19-8-6-15(11-26-19)22(23,24)25/h5-8,10-12H,4,9H2,1-3H3,(H,28,31)(H,29,32). The first-order chi connectivity index (χ1) is 16.2. The van der Waals surface area contributed by atoms with Crippen molar-refractivity contribution in [3.05, 3.63) is 65.1 Å². The number of hydrazine groups is 1. The van der Waals surface area contributed by atoms with E-state index < -0.39 is 23.6 Å². The van der Waals surface area contributed by atoms with Gasteiger partial charge in [-0.15, -0.1) is 0 Å². The van der Waals surface area contributed by atoms with Crippen molar-refractivity contribution in [3.63, 3.8) is 0 Å². The number of carbonyl (C=O) groups excluding carboxylic acids is 2. The summed E-state index contributed by atoms with van der Waals surface area (Å²) in [6.07, 6.45) is -1.80. The lowest BCUT2D eigenvalue weighted by Gasteiger charge is -2.12. The SMILES string of the molecule is CCCOc1ccc(C(=O)NNC(=O)c2cnn(-c3ccc(C(F)(F)F)cn3)c2C)cc1OC. The number of nitrogens with zero attached hydrogens (tertiary/aromatic N) is 3. The molecule has 2 aromatic heterocycles. The molecule has 3 rings (SSSR count). The molecule has 0 aliphatic rings. The number of benzene rings is 1. The van der Waals surface area contributed by atoms with Gasteiger partial charge in [-0.3, -0.25) is 20.4 Å². The molecule has 2 heterocycles. The Morgan fingerprint density at radius 1 is 1.06 bits per heavy atom. The Kier molecular flexibility index (Phi) is 7.39. The van der Waals surface area contributed by atoms with Crippen LogP contribution in [0.3, 0.4) is 0 Å². The van der Waals surface area contributed by atoms with Gasteiger partial charge in [0, 0.05) is 11.8 Å². The Bertz CT molecular complexity index is 1180. The van der Waals surface area contributed by atoms with E-state index in [4.69, 9.17) is 9.47 Å². The van der Waals surface area contributed by atoms with Crippen molar-refractivity contribution in [2.45, 2.75) is 26.4 Å². The number of pyridine rings is 1. The summed E-state index contributed by atoms with van der Waals surface area (Å²) in [4.78, 5) is 28.7. The van der Waals surface area contributed by atoms with Crippen molar-refractivity contribution in [1.29, 1.82) is 0 Å². The number of aromatic nitrogens is 3. The minimum Gasteiger partial charge on any atom is -0.493 e. The largest absolute Gasteiger partial charge is 0.493 e. The topological polar surface area (TPSA) is 107 Å². The highest BCUT2D eigenvalue weighted by Crippen LogP contribution is 2.29. The van der Waals surface area contributed by atoms with Gasteiger partial charge in [-0.2, -0.15) is 18.3 Å². The average molecular weight is 477 g/mol. The van der Waals surface area contributed by atoms with Gasteiger partial charge in [0.15, 0.2) is 17.3 Å². The van der Waals surface area contributed by atoms with Gasteiger partial charge in [0.25, 0.3) is 11.8 Å². The number of ether oxygens (including phenoxy) is 2. The second-order valence-corrected chi connectivity index (χ2v) is 7.08. The number of carbonyl (C=O) groups is 2.